The fourth-order valence-electron chi connectivity index (χ4n) is 3.60. The average molecular weight is 303 g/mol. The Kier molecular flexibility index (Phi) is 4.45. The van der Waals surface area contributed by atoms with E-state index >= 15 is 0 Å². The van der Waals surface area contributed by atoms with Gasteiger partial charge in [-0.3, -0.25) is 4.79 Å². The second kappa shape index (κ2) is 6.50. The van der Waals surface area contributed by atoms with E-state index in [4.69, 9.17) is 5.73 Å². The third-order valence-electron chi connectivity index (χ3n) is 4.64. The normalized spacial score (nSPS) is 23.0. The molecule has 1 amide bonds. The summed E-state index contributed by atoms with van der Waals surface area (Å²) in [5, 5.41) is 3.33. The molecule has 1 aliphatic carbocycles. The lowest BCUT2D eigenvalue weighted by atomic mass is 9.89. The summed E-state index contributed by atoms with van der Waals surface area (Å²) >= 11 is 0. The molecule has 0 aromatic carbocycles. The largest absolute Gasteiger partial charge is 0.368 e. The summed E-state index contributed by atoms with van der Waals surface area (Å²) in [7, 11) is 0. The first-order valence-corrected chi connectivity index (χ1v) is 8.25. The Labute approximate surface area is 131 Å². The number of hydrogen-bond donors (Lipinski definition) is 2. The maximum atomic E-state index is 12.2. The van der Waals surface area contributed by atoms with Crippen molar-refractivity contribution in [1.82, 2.24) is 14.9 Å². The highest BCUT2D eigenvalue weighted by molar-refractivity contribution is 5.80. The van der Waals surface area contributed by atoms with E-state index in [0.717, 1.165) is 18.8 Å². The summed E-state index contributed by atoms with van der Waals surface area (Å²) in [4.78, 5) is 22.5. The number of amides is 1. The number of likely N-dealkylation sites (tertiary alicyclic amines) is 1. The summed E-state index contributed by atoms with van der Waals surface area (Å²) in [5.74, 6) is 1.92. The fourth-order valence-corrected chi connectivity index (χ4v) is 3.60. The van der Waals surface area contributed by atoms with Gasteiger partial charge >= 0.3 is 0 Å². The zero-order chi connectivity index (χ0) is 15.5. The zero-order valence-electron chi connectivity index (χ0n) is 13.2. The molecule has 2 fully saturated rings. The van der Waals surface area contributed by atoms with Crippen molar-refractivity contribution < 1.29 is 4.79 Å². The SMILES string of the molecule is Cc1cc(NC2CC(=O)N(CC3CCCCC3)C2)nc(N)n1. The number of carbonyl (C=O) groups excluding carboxylic acids is 1. The summed E-state index contributed by atoms with van der Waals surface area (Å²) < 4.78 is 0. The van der Waals surface area contributed by atoms with Gasteiger partial charge in [0.05, 0.1) is 6.04 Å². The molecule has 0 spiro atoms. The van der Waals surface area contributed by atoms with Crippen molar-refractivity contribution in [3.8, 4) is 0 Å². The Morgan fingerprint density at radius 3 is 2.82 bits per heavy atom. The molecule has 2 aliphatic rings. The van der Waals surface area contributed by atoms with E-state index in [9.17, 15) is 4.79 Å². The Morgan fingerprint density at radius 1 is 1.32 bits per heavy atom. The van der Waals surface area contributed by atoms with E-state index in [-0.39, 0.29) is 17.9 Å². The van der Waals surface area contributed by atoms with Crippen molar-refractivity contribution >= 4 is 17.7 Å². The minimum absolute atomic E-state index is 0.116. The first-order chi connectivity index (χ1) is 10.6. The van der Waals surface area contributed by atoms with Gasteiger partial charge in [0.25, 0.3) is 0 Å². The highest BCUT2D eigenvalue weighted by Crippen LogP contribution is 2.26. The van der Waals surface area contributed by atoms with Crippen molar-refractivity contribution in [2.45, 2.75) is 51.5 Å². The quantitative estimate of drug-likeness (QED) is 0.888. The van der Waals surface area contributed by atoms with Crippen molar-refractivity contribution in [3.63, 3.8) is 0 Å². The van der Waals surface area contributed by atoms with E-state index in [2.05, 4.69) is 15.3 Å². The van der Waals surface area contributed by atoms with Crippen LogP contribution in [0, 0.1) is 12.8 Å². The average Bonchev–Trinajstić information content (AvgIpc) is 2.78. The molecular formula is C16H25N5O. The predicted molar refractivity (Wildman–Crippen MR) is 86.4 cm³/mol. The van der Waals surface area contributed by atoms with Crippen molar-refractivity contribution in [3.05, 3.63) is 11.8 Å². The van der Waals surface area contributed by atoms with Crippen LogP contribution in [0.5, 0.6) is 0 Å². The van der Waals surface area contributed by atoms with Gasteiger partial charge in [0.2, 0.25) is 11.9 Å². The molecule has 6 heteroatoms. The molecule has 120 valence electrons. The van der Waals surface area contributed by atoms with Crippen molar-refractivity contribution in [1.29, 1.82) is 0 Å². The van der Waals surface area contributed by atoms with Crippen LogP contribution in [0.15, 0.2) is 6.07 Å². The highest BCUT2D eigenvalue weighted by Gasteiger charge is 2.31. The lowest BCUT2D eigenvalue weighted by molar-refractivity contribution is -0.128. The van der Waals surface area contributed by atoms with Gasteiger partial charge in [-0.2, -0.15) is 4.98 Å². The fraction of sp³-hybridized carbons (Fsp3) is 0.688. The molecule has 0 radical (unpaired) electrons. The van der Waals surface area contributed by atoms with Crippen LogP contribution in [-0.2, 0) is 4.79 Å². The van der Waals surface area contributed by atoms with E-state index in [1.54, 1.807) is 0 Å². The monoisotopic (exact) mass is 303 g/mol. The molecule has 3 N–H and O–H groups in total. The van der Waals surface area contributed by atoms with Crippen LogP contribution in [0.1, 0.15) is 44.2 Å². The van der Waals surface area contributed by atoms with Crippen LogP contribution in [0.4, 0.5) is 11.8 Å². The van der Waals surface area contributed by atoms with E-state index in [0.29, 0.717) is 18.2 Å². The third kappa shape index (κ3) is 3.67. The second-order valence-electron chi connectivity index (χ2n) is 6.60. The second-order valence-corrected chi connectivity index (χ2v) is 6.60. The number of nitrogens with zero attached hydrogens (tertiary/aromatic N) is 3. The molecule has 1 unspecified atom stereocenters. The maximum Gasteiger partial charge on any atom is 0.224 e. The summed E-state index contributed by atoms with van der Waals surface area (Å²) in [6, 6.07) is 1.98. The predicted octanol–water partition coefficient (Wildman–Crippen LogP) is 1.96. The van der Waals surface area contributed by atoms with E-state index < -0.39 is 0 Å². The van der Waals surface area contributed by atoms with E-state index in [1.807, 2.05) is 17.9 Å². The van der Waals surface area contributed by atoms with Crippen LogP contribution in [0.2, 0.25) is 0 Å². The Morgan fingerprint density at radius 2 is 2.09 bits per heavy atom. The molecule has 6 nitrogen and oxygen atoms in total. The van der Waals surface area contributed by atoms with Gasteiger partial charge in [-0.1, -0.05) is 19.3 Å². The molecule has 0 bridgehead atoms. The standard InChI is InChI=1S/C16H25N5O/c1-11-7-14(20-16(17)18-11)19-13-8-15(22)21(10-13)9-12-5-3-2-4-6-12/h7,12-13H,2-6,8-10H2,1H3,(H3,17,18,19,20). The number of nitrogens with one attached hydrogen (secondary N) is 1. The van der Waals surface area contributed by atoms with Crippen molar-refractivity contribution in [2.24, 2.45) is 5.92 Å². The molecule has 1 aliphatic heterocycles. The number of aromatic nitrogens is 2. The first kappa shape index (κ1) is 15.1. The first-order valence-electron chi connectivity index (χ1n) is 8.25. The van der Waals surface area contributed by atoms with Crippen LogP contribution in [0.3, 0.4) is 0 Å². The molecule has 22 heavy (non-hydrogen) atoms. The molecular weight excluding hydrogens is 278 g/mol. The summed E-state index contributed by atoms with van der Waals surface area (Å²) in [6.07, 6.45) is 7.05. The van der Waals surface area contributed by atoms with Crippen LogP contribution >= 0.6 is 0 Å². The van der Waals surface area contributed by atoms with E-state index in [1.165, 1.54) is 32.1 Å². The molecule has 3 rings (SSSR count). The molecule has 2 heterocycles. The maximum absolute atomic E-state index is 12.2. The molecule has 1 saturated carbocycles. The number of anilines is 2. The lowest BCUT2D eigenvalue weighted by Crippen LogP contribution is -2.33. The molecule has 1 aromatic rings. The number of carbonyl (C=O) groups is 1. The Bertz CT molecular complexity index is 521. The highest BCUT2D eigenvalue weighted by atomic mass is 16.2. The van der Waals surface area contributed by atoms with Gasteiger partial charge in [0, 0.05) is 31.3 Å². The number of rotatable bonds is 4. The number of hydrogen-bond acceptors (Lipinski definition) is 5. The van der Waals surface area contributed by atoms with Gasteiger partial charge in [-0.25, -0.2) is 4.98 Å². The third-order valence-corrected chi connectivity index (χ3v) is 4.64. The van der Waals surface area contributed by atoms with Gasteiger partial charge in [-0.15, -0.1) is 0 Å². The van der Waals surface area contributed by atoms with Gasteiger partial charge in [-0.05, 0) is 25.7 Å². The minimum Gasteiger partial charge on any atom is -0.368 e. The molecule has 1 aromatic heterocycles. The summed E-state index contributed by atoms with van der Waals surface area (Å²) in [5.41, 5.74) is 6.50. The van der Waals surface area contributed by atoms with Crippen LogP contribution < -0.4 is 11.1 Å². The Balaban J connectivity index is 1.56. The molecule has 1 saturated heterocycles. The van der Waals surface area contributed by atoms with Gasteiger partial charge in [0.15, 0.2) is 0 Å². The zero-order valence-corrected chi connectivity index (χ0v) is 13.2. The number of aryl methyl sites for hydroxylation is 1. The van der Waals surface area contributed by atoms with Gasteiger partial charge in [0.1, 0.15) is 5.82 Å². The minimum atomic E-state index is 0.116. The number of nitrogens with two attached hydrogens (primary N) is 1. The van der Waals surface area contributed by atoms with Crippen LogP contribution in [0.25, 0.3) is 0 Å². The summed E-state index contributed by atoms with van der Waals surface area (Å²) in [6.45, 7) is 3.57. The Hall–Kier alpha value is -1.85. The van der Waals surface area contributed by atoms with Gasteiger partial charge < -0.3 is 16.0 Å². The van der Waals surface area contributed by atoms with Crippen LogP contribution in [-0.4, -0.2) is 39.9 Å². The molecule has 1 atom stereocenters. The van der Waals surface area contributed by atoms with Crippen molar-refractivity contribution in [2.75, 3.05) is 24.1 Å². The number of nitrogen functional groups attached to an aromatic ring is 1. The topological polar surface area (TPSA) is 84.1 Å². The lowest BCUT2D eigenvalue weighted by Gasteiger charge is -2.27. The smallest absolute Gasteiger partial charge is 0.224 e.